The second-order valence-corrected chi connectivity index (χ2v) is 3.50. The number of amides is 2. The van der Waals surface area contributed by atoms with Gasteiger partial charge in [-0.1, -0.05) is 0 Å². The molecule has 1 aromatic carbocycles. The van der Waals surface area contributed by atoms with Gasteiger partial charge in [0.25, 0.3) is 5.91 Å². The molecule has 0 aliphatic heterocycles. The van der Waals surface area contributed by atoms with Crippen molar-refractivity contribution in [1.29, 1.82) is 0 Å². The molecule has 6 N–H and O–H groups in total. The molecular formula is C11H16N4O3. The molecule has 18 heavy (non-hydrogen) atoms. The molecule has 1 aromatic rings. The second-order valence-electron chi connectivity index (χ2n) is 3.50. The summed E-state index contributed by atoms with van der Waals surface area (Å²) in [5.41, 5.74) is 8.59. The molecule has 0 aromatic heterocycles. The number of hydrogen-bond acceptors (Lipinski definition) is 5. The number of nitrogens with two attached hydrogens (primary N) is 2. The van der Waals surface area contributed by atoms with Crippen LogP contribution in [0.4, 0.5) is 5.69 Å². The fraction of sp³-hybridized carbons (Fsp3) is 0.273. The molecule has 0 saturated carbocycles. The lowest BCUT2D eigenvalue weighted by molar-refractivity contribution is -0.122. The van der Waals surface area contributed by atoms with Gasteiger partial charge in [0.15, 0.2) is 0 Å². The van der Waals surface area contributed by atoms with E-state index in [9.17, 15) is 9.59 Å². The molecule has 98 valence electrons. The van der Waals surface area contributed by atoms with E-state index in [-0.39, 0.29) is 19.1 Å². The molecule has 0 bridgehead atoms. The van der Waals surface area contributed by atoms with Gasteiger partial charge < -0.3 is 21.2 Å². The minimum absolute atomic E-state index is 0.146. The second kappa shape index (κ2) is 7.25. The highest BCUT2D eigenvalue weighted by Crippen LogP contribution is 2.07. The van der Waals surface area contributed by atoms with E-state index in [1.807, 2.05) is 0 Å². The first kappa shape index (κ1) is 13.9. The van der Waals surface area contributed by atoms with Crippen molar-refractivity contribution in [3.63, 3.8) is 0 Å². The lowest BCUT2D eigenvalue weighted by atomic mass is 10.2. The first-order valence-corrected chi connectivity index (χ1v) is 5.34. The number of hydrazine groups is 1. The highest BCUT2D eigenvalue weighted by atomic mass is 16.5. The molecule has 0 atom stereocenters. The van der Waals surface area contributed by atoms with Gasteiger partial charge >= 0.3 is 0 Å². The summed E-state index contributed by atoms with van der Waals surface area (Å²) >= 11 is 0. The number of hydrogen-bond donors (Lipinski definition) is 4. The molecule has 0 fully saturated rings. The van der Waals surface area contributed by atoms with Crippen LogP contribution in [0.1, 0.15) is 10.4 Å². The summed E-state index contributed by atoms with van der Waals surface area (Å²) in [6.45, 7) is 0.396. The Labute approximate surface area is 104 Å². The highest BCUT2D eigenvalue weighted by molar-refractivity contribution is 5.94. The normalized spacial score (nSPS) is 9.83. The maximum Gasteiger partial charge on any atom is 0.251 e. The number of benzene rings is 1. The zero-order valence-corrected chi connectivity index (χ0v) is 9.81. The Kier molecular flexibility index (Phi) is 5.62. The first-order valence-electron chi connectivity index (χ1n) is 5.34. The van der Waals surface area contributed by atoms with Gasteiger partial charge in [0, 0.05) is 17.8 Å². The van der Waals surface area contributed by atoms with Gasteiger partial charge in [0.2, 0.25) is 5.91 Å². The summed E-state index contributed by atoms with van der Waals surface area (Å²) in [6.07, 6.45) is 0. The minimum atomic E-state index is -0.536. The predicted molar refractivity (Wildman–Crippen MR) is 66.6 cm³/mol. The first-order chi connectivity index (χ1) is 8.63. The summed E-state index contributed by atoms with van der Waals surface area (Å²) in [5, 5.41) is 2.64. The van der Waals surface area contributed by atoms with Crippen LogP contribution in [0.5, 0.6) is 0 Å². The quantitative estimate of drug-likeness (QED) is 0.288. The molecule has 0 saturated heterocycles. The SMILES string of the molecule is NNc1ccc(C(=O)NCCOCC(N)=O)cc1. The summed E-state index contributed by atoms with van der Waals surface area (Å²) in [7, 11) is 0. The van der Waals surface area contributed by atoms with Gasteiger partial charge in [0.05, 0.1) is 6.61 Å². The molecular weight excluding hydrogens is 236 g/mol. The van der Waals surface area contributed by atoms with E-state index in [0.29, 0.717) is 12.1 Å². The van der Waals surface area contributed by atoms with Gasteiger partial charge in [-0.2, -0.15) is 0 Å². The fourth-order valence-corrected chi connectivity index (χ4v) is 1.23. The van der Waals surface area contributed by atoms with E-state index in [4.69, 9.17) is 16.3 Å². The fourth-order valence-electron chi connectivity index (χ4n) is 1.23. The molecule has 0 aliphatic rings. The summed E-state index contributed by atoms with van der Waals surface area (Å²) < 4.78 is 4.90. The number of rotatable bonds is 7. The van der Waals surface area contributed by atoms with Crippen LogP contribution >= 0.6 is 0 Å². The average molecular weight is 252 g/mol. The molecule has 0 heterocycles. The summed E-state index contributed by atoms with van der Waals surface area (Å²) in [4.78, 5) is 22.0. The maximum absolute atomic E-state index is 11.6. The Morgan fingerprint density at radius 3 is 2.44 bits per heavy atom. The Balaban J connectivity index is 2.29. The summed E-state index contributed by atoms with van der Waals surface area (Å²) in [5.74, 6) is 4.45. The van der Waals surface area contributed by atoms with E-state index in [1.54, 1.807) is 24.3 Å². The number of nitrogen functional groups attached to an aromatic ring is 1. The molecule has 1 rings (SSSR count). The van der Waals surface area contributed by atoms with Crippen LogP contribution in [0.3, 0.4) is 0 Å². The van der Waals surface area contributed by atoms with Gasteiger partial charge in [-0.3, -0.25) is 15.4 Å². The van der Waals surface area contributed by atoms with Crippen molar-refractivity contribution < 1.29 is 14.3 Å². The monoisotopic (exact) mass is 252 g/mol. The highest BCUT2D eigenvalue weighted by Gasteiger charge is 2.04. The zero-order valence-electron chi connectivity index (χ0n) is 9.81. The van der Waals surface area contributed by atoms with Crippen molar-refractivity contribution in [2.24, 2.45) is 11.6 Å². The van der Waals surface area contributed by atoms with Gasteiger partial charge in [-0.25, -0.2) is 0 Å². The van der Waals surface area contributed by atoms with Crippen LogP contribution in [-0.4, -0.2) is 31.6 Å². The predicted octanol–water partition coefficient (Wildman–Crippen LogP) is -0.796. The van der Waals surface area contributed by atoms with E-state index >= 15 is 0 Å². The standard InChI is InChI=1S/C11H16N4O3/c12-10(16)7-18-6-5-14-11(17)8-1-3-9(15-13)4-2-8/h1-4,15H,5-7,13H2,(H2,12,16)(H,14,17). The number of ether oxygens (including phenoxy) is 1. The third-order valence-corrected chi connectivity index (χ3v) is 2.09. The molecule has 7 nitrogen and oxygen atoms in total. The Morgan fingerprint density at radius 1 is 1.22 bits per heavy atom. The van der Waals surface area contributed by atoms with E-state index in [2.05, 4.69) is 10.7 Å². The van der Waals surface area contributed by atoms with Crippen LogP contribution in [0, 0.1) is 0 Å². The van der Waals surface area contributed by atoms with Crippen LogP contribution < -0.4 is 22.3 Å². The third kappa shape index (κ3) is 4.81. The molecule has 0 spiro atoms. The van der Waals surface area contributed by atoms with Gasteiger partial charge in [0.1, 0.15) is 6.61 Å². The van der Waals surface area contributed by atoms with E-state index < -0.39 is 5.91 Å². The van der Waals surface area contributed by atoms with Gasteiger partial charge in [-0.05, 0) is 24.3 Å². The van der Waals surface area contributed by atoms with Crippen molar-refractivity contribution in [2.45, 2.75) is 0 Å². The average Bonchev–Trinajstić information content (AvgIpc) is 2.38. The molecule has 2 amide bonds. The lowest BCUT2D eigenvalue weighted by Gasteiger charge is -2.06. The van der Waals surface area contributed by atoms with Gasteiger partial charge in [-0.15, -0.1) is 0 Å². The number of carbonyl (C=O) groups is 2. The number of carbonyl (C=O) groups excluding carboxylic acids is 2. The van der Waals surface area contributed by atoms with Crippen LogP contribution in [-0.2, 0) is 9.53 Å². The minimum Gasteiger partial charge on any atom is -0.370 e. The Hall–Kier alpha value is -2.12. The Bertz CT molecular complexity index is 405. The molecule has 0 radical (unpaired) electrons. The zero-order chi connectivity index (χ0) is 13.4. The maximum atomic E-state index is 11.6. The largest absolute Gasteiger partial charge is 0.370 e. The molecule has 7 heteroatoms. The van der Waals surface area contributed by atoms with Crippen molar-refractivity contribution >= 4 is 17.5 Å². The van der Waals surface area contributed by atoms with Crippen molar-refractivity contribution in [2.75, 3.05) is 25.2 Å². The van der Waals surface area contributed by atoms with Crippen molar-refractivity contribution in [3.05, 3.63) is 29.8 Å². The summed E-state index contributed by atoms with van der Waals surface area (Å²) in [6, 6.07) is 6.68. The van der Waals surface area contributed by atoms with Crippen LogP contribution in [0.25, 0.3) is 0 Å². The number of primary amides is 1. The topological polar surface area (TPSA) is 119 Å². The number of anilines is 1. The Morgan fingerprint density at radius 2 is 1.89 bits per heavy atom. The van der Waals surface area contributed by atoms with E-state index in [1.165, 1.54) is 0 Å². The van der Waals surface area contributed by atoms with Crippen molar-refractivity contribution in [1.82, 2.24) is 5.32 Å². The van der Waals surface area contributed by atoms with Crippen LogP contribution in [0.15, 0.2) is 24.3 Å². The smallest absolute Gasteiger partial charge is 0.251 e. The van der Waals surface area contributed by atoms with Crippen LogP contribution in [0.2, 0.25) is 0 Å². The van der Waals surface area contributed by atoms with Crippen molar-refractivity contribution in [3.8, 4) is 0 Å². The molecule has 0 unspecified atom stereocenters. The lowest BCUT2D eigenvalue weighted by Crippen LogP contribution is -2.28. The van der Waals surface area contributed by atoms with E-state index in [0.717, 1.165) is 5.69 Å². The molecule has 0 aliphatic carbocycles. The number of nitrogens with one attached hydrogen (secondary N) is 2. The third-order valence-electron chi connectivity index (χ3n) is 2.09.